The monoisotopic (exact) mass is 464 g/mol. The molecule has 2 aliphatic carbocycles. The molecule has 176 valence electrons. The Morgan fingerprint density at radius 3 is 1.29 bits per heavy atom. The highest BCUT2D eigenvalue weighted by Gasteiger charge is 2.72. The molecule has 2 atom stereocenters. The van der Waals surface area contributed by atoms with E-state index in [1.165, 1.54) is 25.4 Å². The van der Waals surface area contributed by atoms with Crippen LogP contribution in [0.25, 0.3) is 0 Å². The molecule has 2 rings (SSSR count). The van der Waals surface area contributed by atoms with Gasteiger partial charge in [-0.1, -0.05) is 77.1 Å². The number of ether oxygens (including phenoxy) is 2. The van der Waals surface area contributed by atoms with Gasteiger partial charge in [0.2, 0.25) is 0 Å². The topological polar surface area (TPSA) is 52.6 Å². The van der Waals surface area contributed by atoms with Crippen LogP contribution in [0, 0.1) is 0 Å². The summed E-state index contributed by atoms with van der Waals surface area (Å²) in [4.78, 5) is 26.8. The molecule has 0 amide bonds. The lowest BCUT2D eigenvalue weighted by Crippen LogP contribution is -2.43. The Hall–Kier alpha value is -1.15. The van der Waals surface area contributed by atoms with E-state index in [-0.39, 0.29) is 22.0 Å². The molecule has 6 heteroatoms. The average Bonchev–Trinajstić information content (AvgIpc) is 3.18. The minimum absolute atomic E-state index is 0.327. The van der Waals surface area contributed by atoms with Gasteiger partial charge in [0, 0.05) is 10.1 Å². The number of carbonyl (C=O) groups is 2. The maximum Gasteiger partial charge on any atom is 0.334 e. The van der Waals surface area contributed by atoms with Crippen molar-refractivity contribution in [1.29, 1.82) is 0 Å². The first kappa shape index (κ1) is 26.1. The first-order valence-corrected chi connectivity index (χ1v) is 19.0. The molecule has 0 aromatic carbocycles. The Morgan fingerprint density at radius 2 is 1.06 bits per heavy atom. The molecule has 2 aliphatic rings. The van der Waals surface area contributed by atoms with Crippen LogP contribution < -0.4 is 0 Å². The number of hydrogen-bond donors (Lipinski definition) is 0. The molecule has 0 N–H and O–H groups in total. The summed E-state index contributed by atoms with van der Waals surface area (Å²) in [6.07, 6.45) is 7.36. The Bertz CT molecular complexity index is 733. The minimum atomic E-state index is -2.00. The molecule has 2 unspecified atom stereocenters. The summed E-state index contributed by atoms with van der Waals surface area (Å²) in [6, 6.07) is 0. The number of esters is 2. The molecule has 0 saturated heterocycles. The fourth-order valence-electron chi connectivity index (χ4n) is 6.41. The zero-order valence-corrected chi connectivity index (χ0v) is 23.6. The highest BCUT2D eigenvalue weighted by atomic mass is 28.3. The third-order valence-corrected chi connectivity index (χ3v) is 14.5. The normalized spacial score (nSPS) is 26.0. The second-order valence-corrected chi connectivity index (χ2v) is 22.1. The van der Waals surface area contributed by atoms with Crippen LogP contribution in [0.2, 0.25) is 49.4 Å². The summed E-state index contributed by atoms with van der Waals surface area (Å²) in [7, 11) is -1.10. The van der Waals surface area contributed by atoms with Crippen LogP contribution in [0.15, 0.2) is 22.3 Å². The third kappa shape index (κ3) is 3.71. The van der Waals surface area contributed by atoms with Crippen LogP contribution in [-0.2, 0) is 19.1 Å². The summed E-state index contributed by atoms with van der Waals surface area (Å²) >= 11 is 0. The third-order valence-electron chi connectivity index (χ3n) is 7.93. The zero-order chi connectivity index (χ0) is 23.8. The largest absolute Gasteiger partial charge is 0.466 e. The number of allylic oxidation sites excluding steroid dienone is 2. The van der Waals surface area contributed by atoms with Crippen LogP contribution in [0.4, 0.5) is 0 Å². The van der Waals surface area contributed by atoms with Crippen molar-refractivity contribution in [2.45, 2.75) is 108 Å². The highest BCUT2D eigenvalue weighted by Crippen LogP contribution is 2.81. The molecule has 0 aromatic rings. The second kappa shape index (κ2) is 9.01. The highest BCUT2D eigenvalue weighted by molar-refractivity contribution is 6.85. The van der Waals surface area contributed by atoms with Gasteiger partial charge in [-0.25, -0.2) is 9.59 Å². The zero-order valence-electron chi connectivity index (χ0n) is 21.6. The number of fused-ring (bicyclic) bond motifs is 2. The minimum Gasteiger partial charge on any atom is -0.466 e. The molecular weight excluding hydrogens is 420 g/mol. The summed E-state index contributed by atoms with van der Waals surface area (Å²) in [5, 5.41) is -0.690. The van der Waals surface area contributed by atoms with Crippen LogP contribution in [0.5, 0.6) is 0 Å². The van der Waals surface area contributed by atoms with Crippen molar-refractivity contribution >= 4 is 28.1 Å². The van der Waals surface area contributed by atoms with Gasteiger partial charge in [0.15, 0.2) is 0 Å². The molecule has 4 nitrogen and oxygen atoms in total. The number of hydrogen-bond acceptors (Lipinski definition) is 4. The van der Waals surface area contributed by atoms with Crippen molar-refractivity contribution in [2.24, 2.45) is 0 Å². The summed E-state index contributed by atoms with van der Waals surface area (Å²) < 4.78 is 10.7. The van der Waals surface area contributed by atoms with Gasteiger partial charge in [0.25, 0.3) is 0 Å². The van der Waals surface area contributed by atoms with Gasteiger partial charge in [0.1, 0.15) is 0 Å². The number of methoxy groups -OCH3 is 2. The van der Waals surface area contributed by atoms with Crippen molar-refractivity contribution in [2.75, 3.05) is 14.2 Å². The predicted octanol–water partition coefficient (Wildman–Crippen LogP) is 6.88. The van der Waals surface area contributed by atoms with Gasteiger partial charge in [-0.05, 0) is 32.1 Å². The van der Waals surface area contributed by atoms with E-state index in [9.17, 15) is 9.59 Å². The Balaban J connectivity index is 3.07. The maximum atomic E-state index is 13.4. The van der Waals surface area contributed by atoms with Crippen LogP contribution >= 0.6 is 0 Å². The summed E-state index contributed by atoms with van der Waals surface area (Å²) in [5.74, 6) is -0.655. The van der Waals surface area contributed by atoms with Gasteiger partial charge in [-0.3, -0.25) is 0 Å². The molecule has 0 heterocycles. The van der Waals surface area contributed by atoms with Crippen molar-refractivity contribution in [3.05, 3.63) is 22.3 Å². The second-order valence-electron chi connectivity index (χ2n) is 11.4. The molecule has 31 heavy (non-hydrogen) atoms. The fourth-order valence-corrected chi connectivity index (χ4v) is 12.5. The van der Waals surface area contributed by atoms with Crippen LogP contribution in [0.1, 0.15) is 58.8 Å². The van der Waals surface area contributed by atoms with Gasteiger partial charge in [-0.2, -0.15) is 0 Å². The Morgan fingerprint density at radius 1 is 0.742 bits per heavy atom. The molecule has 0 radical (unpaired) electrons. The molecule has 0 saturated carbocycles. The van der Waals surface area contributed by atoms with E-state index >= 15 is 0 Å². The van der Waals surface area contributed by atoms with E-state index in [0.717, 1.165) is 44.9 Å². The lowest BCUT2D eigenvalue weighted by Gasteiger charge is -2.44. The molecule has 0 aromatic heterocycles. The van der Waals surface area contributed by atoms with E-state index in [1.807, 2.05) is 0 Å². The van der Waals surface area contributed by atoms with Crippen molar-refractivity contribution in [3.63, 3.8) is 0 Å². The quantitative estimate of drug-likeness (QED) is 0.201. The van der Waals surface area contributed by atoms with E-state index in [0.29, 0.717) is 11.1 Å². The van der Waals surface area contributed by atoms with Crippen molar-refractivity contribution in [3.8, 4) is 0 Å². The lowest BCUT2D eigenvalue weighted by molar-refractivity contribution is -0.139. The number of unbranched alkanes of at least 4 members (excludes halogenated alkanes) is 2. The average molecular weight is 465 g/mol. The Kier molecular flexibility index (Phi) is 7.59. The number of rotatable bonds is 10. The standard InChI is InChI=1S/C25H44O4Si2/c1-11-13-15-18-19(16-14-12-2)25(31(8,9)10)17-24(18,30(5,6)7)20(22(26)28-3)21(25)23(27)29-4/h11-17H2,1-10H3. The van der Waals surface area contributed by atoms with Gasteiger partial charge < -0.3 is 9.47 Å². The fraction of sp³-hybridized carbons (Fsp3) is 0.760. The van der Waals surface area contributed by atoms with Gasteiger partial charge in [0.05, 0.1) is 41.5 Å². The maximum absolute atomic E-state index is 13.4. The molecule has 0 spiro atoms. The van der Waals surface area contributed by atoms with E-state index in [2.05, 4.69) is 53.1 Å². The molecule has 0 aliphatic heterocycles. The van der Waals surface area contributed by atoms with Crippen molar-refractivity contribution < 1.29 is 19.1 Å². The Labute approximate surface area is 191 Å². The van der Waals surface area contributed by atoms with Gasteiger partial charge in [-0.15, -0.1) is 0 Å². The predicted molar refractivity (Wildman–Crippen MR) is 134 cm³/mol. The number of carbonyl (C=O) groups excluding carboxylic acids is 2. The van der Waals surface area contributed by atoms with Crippen LogP contribution in [0.3, 0.4) is 0 Å². The molecular formula is C25H44O4Si2. The van der Waals surface area contributed by atoms with E-state index in [1.54, 1.807) is 0 Å². The SMILES string of the molecule is CCCCC1=C(CCCC)C2([Si](C)(C)C)CC1([Si](C)(C)C)C(C(=O)OC)=C2C(=O)OC. The van der Waals surface area contributed by atoms with E-state index in [4.69, 9.17) is 9.47 Å². The smallest absolute Gasteiger partial charge is 0.334 e. The van der Waals surface area contributed by atoms with Gasteiger partial charge >= 0.3 is 11.9 Å². The summed E-state index contributed by atoms with van der Waals surface area (Å²) in [5.41, 5.74) is 4.26. The lowest BCUT2D eigenvalue weighted by atomic mass is 9.80. The molecule has 2 bridgehead atoms. The summed E-state index contributed by atoms with van der Waals surface area (Å²) in [6.45, 7) is 18.6. The molecule has 0 fully saturated rings. The first-order chi connectivity index (χ1) is 14.3. The van der Waals surface area contributed by atoms with Crippen LogP contribution in [-0.4, -0.2) is 42.3 Å². The van der Waals surface area contributed by atoms with Crippen molar-refractivity contribution in [1.82, 2.24) is 0 Å². The van der Waals surface area contributed by atoms with E-state index < -0.39 is 16.1 Å². The first-order valence-electron chi connectivity index (χ1n) is 12.0.